The van der Waals surface area contributed by atoms with Gasteiger partial charge in [0.2, 0.25) is 0 Å². The number of halogens is 2. The molecule has 0 amide bonds. The highest BCUT2D eigenvalue weighted by Gasteiger charge is 2.21. The Morgan fingerprint density at radius 2 is 1.90 bits per heavy atom. The molecule has 3 rings (SSSR count). The Balaban J connectivity index is 2.19. The predicted octanol–water partition coefficient (Wildman–Crippen LogP) is 5.27. The zero-order valence-electron chi connectivity index (χ0n) is 10.5. The number of hydrogen-bond acceptors (Lipinski definition) is 4. The number of nitrogens with zero attached hydrogens (tertiary/aromatic N) is 1. The molecule has 0 bridgehead atoms. The van der Waals surface area contributed by atoms with Crippen LogP contribution in [0.3, 0.4) is 0 Å². The van der Waals surface area contributed by atoms with Crippen LogP contribution in [0.25, 0.3) is 22.5 Å². The molecule has 0 aliphatic rings. The summed E-state index contributed by atoms with van der Waals surface area (Å²) >= 11 is 13.4. The van der Waals surface area contributed by atoms with E-state index in [4.69, 9.17) is 33.5 Å². The molecule has 0 saturated heterocycles. The van der Waals surface area contributed by atoms with Crippen LogP contribution in [0.5, 0.6) is 0 Å². The quantitative estimate of drug-likeness (QED) is 0.698. The van der Waals surface area contributed by atoms with Gasteiger partial charge in [0.15, 0.2) is 11.6 Å². The van der Waals surface area contributed by atoms with E-state index in [0.29, 0.717) is 25.8 Å². The van der Waals surface area contributed by atoms with Gasteiger partial charge < -0.3 is 10.3 Å². The zero-order valence-corrected chi connectivity index (χ0v) is 12.8. The highest BCUT2D eigenvalue weighted by atomic mass is 35.5. The number of nitrogens with two attached hydrogens (primary N) is 1. The van der Waals surface area contributed by atoms with Gasteiger partial charge in [-0.1, -0.05) is 58.2 Å². The second kappa shape index (κ2) is 5.13. The van der Waals surface area contributed by atoms with Gasteiger partial charge in [0, 0.05) is 0 Å². The molecule has 0 aliphatic carbocycles. The van der Waals surface area contributed by atoms with E-state index >= 15 is 0 Å². The molecule has 0 radical (unpaired) electrons. The molecule has 6 heteroatoms. The molecule has 3 nitrogen and oxygen atoms in total. The minimum atomic E-state index is 0.335. The molecule has 0 fully saturated rings. The fourth-order valence-corrected chi connectivity index (χ4v) is 3.44. The van der Waals surface area contributed by atoms with Crippen molar-refractivity contribution in [1.29, 1.82) is 0 Å². The van der Waals surface area contributed by atoms with Crippen molar-refractivity contribution in [2.75, 3.05) is 5.73 Å². The number of anilines is 1. The maximum absolute atomic E-state index is 6.18. The third-order valence-corrected chi connectivity index (χ3v) is 4.45. The third-order valence-electron chi connectivity index (χ3n) is 2.96. The second-order valence-corrected chi connectivity index (χ2v) is 6.66. The normalized spacial score (nSPS) is 10.9. The van der Waals surface area contributed by atoms with Crippen molar-refractivity contribution >= 4 is 40.4 Å². The molecule has 0 aliphatic heterocycles. The number of aromatic nitrogens is 1. The number of hydrogen-bond donors (Lipinski definition) is 1. The Morgan fingerprint density at radius 3 is 2.50 bits per heavy atom. The Morgan fingerprint density at radius 1 is 1.20 bits per heavy atom. The van der Waals surface area contributed by atoms with E-state index in [0.717, 1.165) is 11.1 Å². The van der Waals surface area contributed by atoms with Crippen molar-refractivity contribution in [2.45, 2.75) is 6.92 Å². The smallest absolute Gasteiger partial charge is 0.179 e. The fourth-order valence-electron chi connectivity index (χ4n) is 1.98. The van der Waals surface area contributed by atoms with Gasteiger partial charge in [0.25, 0.3) is 0 Å². The number of thiophene rings is 1. The fraction of sp³-hybridized carbons (Fsp3) is 0.0714. The summed E-state index contributed by atoms with van der Waals surface area (Å²) in [5.74, 6) is 0.877. The molecule has 0 atom stereocenters. The predicted molar refractivity (Wildman–Crippen MR) is 84.4 cm³/mol. The minimum absolute atomic E-state index is 0.335. The Bertz CT molecular complexity index is 762. The van der Waals surface area contributed by atoms with Crippen LogP contribution in [-0.2, 0) is 0 Å². The van der Waals surface area contributed by atoms with E-state index in [1.807, 2.05) is 31.2 Å². The summed E-state index contributed by atoms with van der Waals surface area (Å²) in [5, 5.41) is 3.85. The van der Waals surface area contributed by atoms with Gasteiger partial charge in [-0.2, -0.15) is 0 Å². The van der Waals surface area contributed by atoms with Gasteiger partial charge in [-0.3, -0.25) is 0 Å². The maximum Gasteiger partial charge on any atom is 0.179 e. The summed E-state index contributed by atoms with van der Waals surface area (Å²) < 4.78 is 6.50. The van der Waals surface area contributed by atoms with Gasteiger partial charge in [-0.25, -0.2) is 0 Å². The Labute approximate surface area is 129 Å². The van der Waals surface area contributed by atoms with Gasteiger partial charge in [0.05, 0.1) is 15.5 Å². The number of nitrogen functional groups attached to an aromatic ring is 1. The summed E-state index contributed by atoms with van der Waals surface area (Å²) in [6.07, 6.45) is 0. The van der Waals surface area contributed by atoms with Gasteiger partial charge in [-0.05, 0) is 18.6 Å². The van der Waals surface area contributed by atoms with Crippen LogP contribution in [0.2, 0.25) is 8.67 Å². The van der Waals surface area contributed by atoms with E-state index < -0.39 is 0 Å². The number of benzene rings is 1. The summed E-state index contributed by atoms with van der Waals surface area (Å²) in [4.78, 5) is 0. The molecule has 1 aromatic carbocycles. The molecule has 0 unspecified atom stereocenters. The highest BCUT2D eigenvalue weighted by Crippen LogP contribution is 2.44. The third kappa shape index (κ3) is 2.30. The zero-order chi connectivity index (χ0) is 14.3. The maximum atomic E-state index is 6.18. The van der Waals surface area contributed by atoms with Crippen LogP contribution in [0.15, 0.2) is 34.9 Å². The van der Waals surface area contributed by atoms with Gasteiger partial charge in [0.1, 0.15) is 4.34 Å². The van der Waals surface area contributed by atoms with Gasteiger partial charge in [-0.15, -0.1) is 11.3 Å². The van der Waals surface area contributed by atoms with Crippen LogP contribution in [-0.4, -0.2) is 5.16 Å². The first kappa shape index (κ1) is 13.5. The van der Waals surface area contributed by atoms with Crippen molar-refractivity contribution < 1.29 is 4.52 Å². The average molecular weight is 325 g/mol. The molecular formula is C14H10Cl2N2OS. The first-order valence-corrected chi connectivity index (χ1v) is 7.41. The van der Waals surface area contributed by atoms with Crippen molar-refractivity contribution in [3.05, 3.63) is 44.6 Å². The molecule has 2 heterocycles. The highest BCUT2D eigenvalue weighted by molar-refractivity contribution is 7.20. The standard InChI is InChI=1S/C14H10Cl2N2OS/c1-7-2-4-8(5-3-7)11-12(19-18-14(11)17)9-6-10(15)20-13(9)16/h2-6H,1H3,(H2,17,18). The van der Waals surface area contributed by atoms with Crippen LogP contribution in [0, 0.1) is 6.92 Å². The van der Waals surface area contributed by atoms with Crippen LogP contribution in [0.4, 0.5) is 5.82 Å². The summed E-state index contributed by atoms with van der Waals surface area (Å²) in [6.45, 7) is 2.02. The van der Waals surface area contributed by atoms with Crippen molar-refractivity contribution in [2.24, 2.45) is 0 Å². The van der Waals surface area contributed by atoms with Crippen LogP contribution < -0.4 is 5.73 Å². The molecule has 102 valence electrons. The van der Waals surface area contributed by atoms with Crippen LogP contribution >= 0.6 is 34.5 Å². The molecule has 2 N–H and O–H groups in total. The van der Waals surface area contributed by atoms with Gasteiger partial charge >= 0.3 is 0 Å². The minimum Gasteiger partial charge on any atom is -0.380 e. The van der Waals surface area contributed by atoms with Crippen LogP contribution in [0.1, 0.15) is 5.56 Å². The second-order valence-electron chi connectivity index (χ2n) is 4.38. The lowest BCUT2D eigenvalue weighted by molar-refractivity contribution is 0.436. The summed E-state index contributed by atoms with van der Waals surface area (Å²) in [7, 11) is 0. The molecule has 0 saturated carbocycles. The first-order chi connectivity index (χ1) is 9.56. The molecule has 20 heavy (non-hydrogen) atoms. The lowest BCUT2D eigenvalue weighted by atomic mass is 10.0. The van der Waals surface area contributed by atoms with E-state index in [2.05, 4.69) is 5.16 Å². The largest absolute Gasteiger partial charge is 0.380 e. The van der Waals surface area contributed by atoms with E-state index in [1.54, 1.807) is 6.07 Å². The summed E-state index contributed by atoms with van der Waals surface area (Å²) in [5.41, 5.74) is 9.48. The van der Waals surface area contributed by atoms with Crippen molar-refractivity contribution in [1.82, 2.24) is 5.16 Å². The Kier molecular flexibility index (Phi) is 3.46. The lowest BCUT2D eigenvalue weighted by Gasteiger charge is -2.02. The topological polar surface area (TPSA) is 52.0 Å². The average Bonchev–Trinajstić information content (AvgIpc) is 2.93. The van der Waals surface area contributed by atoms with Crippen molar-refractivity contribution in [3.63, 3.8) is 0 Å². The van der Waals surface area contributed by atoms with E-state index in [9.17, 15) is 0 Å². The van der Waals surface area contributed by atoms with E-state index in [-0.39, 0.29) is 0 Å². The molecule has 2 aromatic heterocycles. The number of aryl methyl sites for hydroxylation is 1. The molecule has 0 spiro atoms. The molecule has 3 aromatic rings. The lowest BCUT2D eigenvalue weighted by Crippen LogP contribution is -1.88. The van der Waals surface area contributed by atoms with Crippen molar-refractivity contribution in [3.8, 4) is 22.5 Å². The SMILES string of the molecule is Cc1ccc(-c2c(N)noc2-c2cc(Cl)sc2Cl)cc1. The summed E-state index contributed by atoms with van der Waals surface area (Å²) in [6, 6.07) is 9.72. The first-order valence-electron chi connectivity index (χ1n) is 5.83. The number of rotatable bonds is 2. The monoisotopic (exact) mass is 324 g/mol. The molecular weight excluding hydrogens is 315 g/mol. The van der Waals surface area contributed by atoms with E-state index in [1.165, 1.54) is 16.9 Å². The Hall–Kier alpha value is -1.49.